The van der Waals surface area contributed by atoms with Crippen LogP contribution in [0.3, 0.4) is 0 Å². The van der Waals surface area contributed by atoms with Crippen LogP contribution in [0.2, 0.25) is 0 Å². The van der Waals surface area contributed by atoms with Crippen LogP contribution in [-0.4, -0.2) is 43.7 Å². The molecule has 0 aliphatic rings. The van der Waals surface area contributed by atoms with Crippen LogP contribution in [0.5, 0.6) is 0 Å². The summed E-state index contributed by atoms with van der Waals surface area (Å²) in [6.07, 6.45) is 18.5. The van der Waals surface area contributed by atoms with Crippen LogP contribution in [0.1, 0.15) is 110 Å². The number of rotatable bonds is 19. The van der Waals surface area contributed by atoms with Crippen molar-refractivity contribution in [2.24, 2.45) is 0 Å². The lowest BCUT2D eigenvalue weighted by atomic mass is 10.0. The molecule has 0 aromatic rings. The lowest BCUT2D eigenvalue weighted by Gasteiger charge is -2.31. The van der Waals surface area contributed by atoms with Crippen LogP contribution in [0.15, 0.2) is 0 Å². The number of hydroxylamine groups is 3. The summed E-state index contributed by atoms with van der Waals surface area (Å²) in [5, 5.41) is 0. The summed E-state index contributed by atoms with van der Waals surface area (Å²) >= 11 is 0. The van der Waals surface area contributed by atoms with Crippen LogP contribution in [0.25, 0.3) is 0 Å². The number of nitrogens with zero attached hydrogens (tertiary/aromatic N) is 1. The second-order valence-electron chi connectivity index (χ2n) is 8.33. The van der Waals surface area contributed by atoms with E-state index in [-0.39, 0.29) is 11.1 Å². The number of quaternary nitrogens is 1. The Bertz CT molecular complexity index is 437. The first-order valence-electron chi connectivity index (χ1n) is 11.2. The minimum atomic E-state index is -4.39. The highest BCUT2D eigenvalue weighted by Crippen LogP contribution is 2.16. The molecule has 0 aromatic heterocycles. The normalized spacial score (nSPS) is 13.8. The molecule has 0 radical (unpaired) electrons. The van der Waals surface area contributed by atoms with E-state index in [0.29, 0.717) is 0 Å². The molecule has 27 heavy (non-hydrogen) atoms. The fraction of sp³-hybridized carbons (Fsp3) is 1.00. The highest BCUT2D eigenvalue weighted by Gasteiger charge is 2.26. The average Bonchev–Trinajstić information content (AvgIpc) is 2.59. The van der Waals surface area contributed by atoms with Crippen LogP contribution in [0.4, 0.5) is 0 Å². The van der Waals surface area contributed by atoms with Crippen molar-refractivity contribution in [3.05, 3.63) is 0 Å². The van der Waals surface area contributed by atoms with Gasteiger partial charge >= 0.3 is 0 Å². The number of hydrogen-bond donors (Lipinski definition) is 0. The van der Waals surface area contributed by atoms with Crippen molar-refractivity contribution in [2.75, 3.05) is 20.6 Å². The Morgan fingerprint density at radius 2 is 1.11 bits per heavy atom. The van der Waals surface area contributed by atoms with Gasteiger partial charge in [-0.2, -0.15) is 9.48 Å². The molecule has 1 atom stereocenters. The molecule has 164 valence electrons. The van der Waals surface area contributed by atoms with Gasteiger partial charge < -0.3 is 4.55 Å². The maximum Gasteiger partial charge on any atom is 0.205 e. The monoisotopic (exact) mass is 407 g/mol. The van der Waals surface area contributed by atoms with Crippen LogP contribution >= 0.6 is 0 Å². The van der Waals surface area contributed by atoms with E-state index in [1.807, 2.05) is 14.1 Å². The summed E-state index contributed by atoms with van der Waals surface area (Å²) < 4.78 is 33.6. The Kier molecular flexibility index (Phi) is 15.6. The minimum Gasteiger partial charge on any atom is -0.746 e. The first-order chi connectivity index (χ1) is 12.7. The van der Waals surface area contributed by atoms with Gasteiger partial charge in [0.1, 0.15) is 16.7 Å². The molecule has 0 saturated heterocycles. The van der Waals surface area contributed by atoms with E-state index < -0.39 is 15.6 Å². The highest BCUT2D eigenvalue weighted by molar-refractivity contribution is 7.86. The molecule has 0 aromatic carbocycles. The lowest BCUT2D eigenvalue weighted by molar-refractivity contribution is -1.08. The first-order valence-corrected chi connectivity index (χ1v) is 12.7. The van der Waals surface area contributed by atoms with Gasteiger partial charge in [-0.1, -0.05) is 90.9 Å². The van der Waals surface area contributed by atoms with Crippen LogP contribution < -0.4 is 0 Å². The van der Waals surface area contributed by atoms with Crippen molar-refractivity contribution in [1.82, 2.24) is 0 Å². The minimum absolute atomic E-state index is 0.123. The molecule has 0 heterocycles. The standard InChI is InChI=1S/C21H45NO4S/c1-5-7-8-9-10-11-12-13-14-15-16-17-18-19-20-22(3,4)26-21(6-2)27(23,24)25/h21H,5-20H2,1-4H3. The second-order valence-corrected chi connectivity index (χ2v) is 9.84. The van der Waals surface area contributed by atoms with Gasteiger partial charge in [-0.05, 0) is 19.3 Å². The van der Waals surface area contributed by atoms with E-state index in [1.54, 1.807) is 6.92 Å². The van der Waals surface area contributed by atoms with E-state index in [0.717, 1.165) is 19.4 Å². The van der Waals surface area contributed by atoms with Crippen molar-refractivity contribution in [3.63, 3.8) is 0 Å². The van der Waals surface area contributed by atoms with E-state index in [4.69, 9.17) is 4.84 Å². The summed E-state index contributed by atoms with van der Waals surface area (Å²) in [4.78, 5) is 5.50. The van der Waals surface area contributed by atoms with Crippen molar-refractivity contribution < 1.29 is 22.5 Å². The summed E-state index contributed by atoms with van der Waals surface area (Å²) in [7, 11) is -0.763. The quantitative estimate of drug-likeness (QED) is 0.118. The zero-order valence-electron chi connectivity index (χ0n) is 18.4. The van der Waals surface area contributed by atoms with Gasteiger partial charge in [0.25, 0.3) is 0 Å². The Morgan fingerprint density at radius 1 is 0.741 bits per heavy atom. The SMILES string of the molecule is CCCCCCCCCCCCCCCC[N+](C)(C)OC(CC)S(=O)(=O)[O-]. The molecule has 5 nitrogen and oxygen atoms in total. The largest absolute Gasteiger partial charge is 0.746 e. The molecule has 0 saturated carbocycles. The number of hydrogen-bond acceptors (Lipinski definition) is 4. The van der Waals surface area contributed by atoms with Crippen molar-refractivity contribution >= 4 is 10.1 Å². The zero-order valence-corrected chi connectivity index (χ0v) is 19.2. The average molecular weight is 408 g/mol. The smallest absolute Gasteiger partial charge is 0.205 e. The van der Waals surface area contributed by atoms with Gasteiger partial charge in [0.05, 0.1) is 14.1 Å². The Balaban J connectivity index is 3.55. The molecule has 0 aliphatic heterocycles. The molecule has 0 spiro atoms. The fourth-order valence-corrected chi connectivity index (χ4v) is 4.14. The lowest BCUT2D eigenvalue weighted by Crippen LogP contribution is -2.45. The molecule has 1 unspecified atom stereocenters. The van der Waals surface area contributed by atoms with Crippen molar-refractivity contribution in [2.45, 2.75) is 116 Å². The van der Waals surface area contributed by atoms with E-state index in [9.17, 15) is 13.0 Å². The molecule has 0 bridgehead atoms. The Hall–Kier alpha value is -0.170. The van der Waals surface area contributed by atoms with Crippen LogP contribution in [0, 0.1) is 0 Å². The third kappa shape index (κ3) is 16.5. The Morgan fingerprint density at radius 3 is 1.44 bits per heavy atom. The molecule has 0 fully saturated rings. The summed E-state index contributed by atoms with van der Waals surface area (Å²) in [5.74, 6) is 0. The van der Waals surface area contributed by atoms with Gasteiger partial charge in [-0.3, -0.25) is 0 Å². The molecular weight excluding hydrogens is 362 g/mol. The molecule has 0 N–H and O–H groups in total. The summed E-state index contributed by atoms with van der Waals surface area (Å²) in [5.41, 5.74) is -1.25. The van der Waals surface area contributed by atoms with E-state index in [1.165, 1.54) is 77.0 Å². The number of unbranched alkanes of at least 4 members (excludes halogenated alkanes) is 13. The first kappa shape index (κ1) is 26.8. The van der Waals surface area contributed by atoms with E-state index >= 15 is 0 Å². The molecule has 0 rings (SSSR count). The van der Waals surface area contributed by atoms with Gasteiger partial charge in [-0.15, -0.1) is 0 Å². The molecule has 0 amide bonds. The van der Waals surface area contributed by atoms with Gasteiger partial charge in [0.2, 0.25) is 5.44 Å². The third-order valence-electron chi connectivity index (χ3n) is 5.11. The van der Waals surface area contributed by atoms with Gasteiger partial charge in [0, 0.05) is 0 Å². The maximum absolute atomic E-state index is 11.2. The molecule has 0 aliphatic carbocycles. The summed E-state index contributed by atoms with van der Waals surface area (Å²) in [6, 6.07) is 0. The summed E-state index contributed by atoms with van der Waals surface area (Å²) in [6.45, 7) is 4.65. The fourth-order valence-electron chi connectivity index (χ4n) is 3.39. The van der Waals surface area contributed by atoms with Crippen molar-refractivity contribution in [3.8, 4) is 0 Å². The van der Waals surface area contributed by atoms with Gasteiger partial charge in [-0.25, -0.2) is 8.42 Å². The molecular formula is C21H45NO4S. The van der Waals surface area contributed by atoms with Gasteiger partial charge in [0.15, 0.2) is 0 Å². The Labute approximate surface area is 169 Å². The molecule has 6 heteroatoms. The predicted octanol–water partition coefficient (Wildman–Crippen LogP) is 5.76. The van der Waals surface area contributed by atoms with Crippen LogP contribution in [-0.2, 0) is 15.0 Å². The third-order valence-corrected chi connectivity index (χ3v) is 6.17. The zero-order chi connectivity index (χ0) is 20.6. The highest BCUT2D eigenvalue weighted by atomic mass is 32.2. The topological polar surface area (TPSA) is 66.4 Å². The maximum atomic E-state index is 11.2. The van der Waals surface area contributed by atoms with Crippen molar-refractivity contribution in [1.29, 1.82) is 0 Å². The second kappa shape index (κ2) is 15.7. The predicted molar refractivity (Wildman–Crippen MR) is 112 cm³/mol. The van der Waals surface area contributed by atoms with E-state index in [2.05, 4.69) is 6.92 Å².